The van der Waals surface area contributed by atoms with Crippen LogP contribution in [0.2, 0.25) is 0 Å². The SMILES string of the molecule is CCNC(=NCc1ccc(C)cc1OCC1CCCO1)NCCc1csc(C)n1. The average Bonchev–Trinajstić information content (AvgIpc) is 3.37. The van der Waals surface area contributed by atoms with Crippen LogP contribution in [0.3, 0.4) is 0 Å². The molecule has 1 aliphatic heterocycles. The highest BCUT2D eigenvalue weighted by Crippen LogP contribution is 2.23. The largest absolute Gasteiger partial charge is 0.491 e. The van der Waals surface area contributed by atoms with Gasteiger partial charge in [-0.25, -0.2) is 9.98 Å². The van der Waals surface area contributed by atoms with Crippen LogP contribution >= 0.6 is 11.3 Å². The summed E-state index contributed by atoms with van der Waals surface area (Å²) < 4.78 is 11.8. The van der Waals surface area contributed by atoms with E-state index in [4.69, 9.17) is 14.5 Å². The van der Waals surface area contributed by atoms with Gasteiger partial charge in [-0.1, -0.05) is 12.1 Å². The van der Waals surface area contributed by atoms with Gasteiger partial charge in [-0.2, -0.15) is 0 Å². The molecule has 2 aromatic rings. The van der Waals surface area contributed by atoms with Gasteiger partial charge in [0.2, 0.25) is 0 Å². The first-order chi connectivity index (χ1) is 14.1. The summed E-state index contributed by atoms with van der Waals surface area (Å²) in [5, 5.41) is 9.93. The molecule has 1 aromatic carbocycles. The zero-order chi connectivity index (χ0) is 20.5. The molecule has 1 fully saturated rings. The second kappa shape index (κ2) is 11.2. The number of aliphatic imine (C=N–C) groups is 1. The summed E-state index contributed by atoms with van der Waals surface area (Å²) in [5.74, 6) is 1.71. The van der Waals surface area contributed by atoms with Gasteiger partial charge in [0.1, 0.15) is 12.4 Å². The highest BCUT2D eigenvalue weighted by molar-refractivity contribution is 7.09. The number of benzene rings is 1. The van der Waals surface area contributed by atoms with Crippen molar-refractivity contribution in [1.29, 1.82) is 0 Å². The van der Waals surface area contributed by atoms with Gasteiger partial charge >= 0.3 is 0 Å². The number of thiazole rings is 1. The molecule has 158 valence electrons. The minimum atomic E-state index is 0.209. The fourth-order valence-electron chi connectivity index (χ4n) is 3.22. The third-order valence-corrected chi connectivity index (χ3v) is 5.59. The summed E-state index contributed by atoms with van der Waals surface area (Å²) in [6.45, 7) is 9.81. The smallest absolute Gasteiger partial charge is 0.191 e. The molecule has 1 atom stereocenters. The van der Waals surface area contributed by atoms with Crippen molar-refractivity contribution in [1.82, 2.24) is 15.6 Å². The van der Waals surface area contributed by atoms with Gasteiger partial charge in [-0.3, -0.25) is 0 Å². The minimum absolute atomic E-state index is 0.209. The van der Waals surface area contributed by atoms with Crippen LogP contribution in [0.1, 0.15) is 41.6 Å². The van der Waals surface area contributed by atoms with E-state index in [0.717, 1.165) is 66.9 Å². The number of nitrogens with one attached hydrogen (secondary N) is 2. The number of guanidine groups is 1. The van der Waals surface area contributed by atoms with Crippen LogP contribution in [0.4, 0.5) is 0 Å². The molecule has 1 aromatic heterocycles. The monoisotopic (exact) mass is 416 g/mol. The highest BCUT2D eigenvalue weighted by atomic mass is 32.1. The standard InChI is InChI=1S/C22H32N4O2S/c1-4-23-22(24-10-9-19-15-29-17(3)26-19)25-13-18-8-7-16(2)12-21(18)28-14-20-6-5-11-27-20/h7-8,12,15,20H,4-6,9-11,13-14H2,1-3H3,(H2,23,24,25). The van der Waals surface area contributed by atoms with Crippen LogP contribution in [-0.2, 0) is 17.7 Å². The summed E-state index contributed by atoms with van der Waals surface area (Å²) >= 11 is 1.69. The van der Waals surface area contributed by atoms with Gasteiger partial charge in [0, 0.05) is 37.1 Å². The molecule has 0 aliphatic carbocycles. The second-order valence-corrected chi connectivity index (χ2v) is 8.35. The lowest BCUT2D eigenvalue weighted by Crippen LogP contribution is -2.38. The van der Waals surface area contributed by atoms with Crippen molar-refractivity contribution in [2.45, 2.75) is 52.7 Å². The summed E-state index contributed by atoms with van der Waals surface area (Å²) in [6.07, 6.45) is 3.29. The molecule has 7 heteroatoms. The van der Waals surface area contributed by atoms with Crippen molar-refractivity contribution < 1.29 is 9.47 Å². The number of aryl methyl sites for hydroxylation is 2. The third-order valence-electron chi connectivity index (χ3n) is 4.76. The third kappa shape index (κ3) is 7.01. The maximum absolute atomic E-state index is 6.09. The average molecular weight is 417 g/mol. The van der Waals surface area contributed by atoms with Gasteiger partial charge < -0.3 is 20.1 Å². The number of hydrogen-bond donors (Lipinski definition) is 2. The molecule has 0 spiro atoms. The zero-order valence-corrected chi connectivity index (χ0v) is 18.5. The number of nitrogens with zero attached hydrogens (tertiary/aromatic N) is 2. The summed E-state index contributed by atoms with van der Waals surface area (Å²) in [4.78, 5) is 9.27. The van der Waals surface area contributed by atoms with Gasteiger partial charge in [-0.15, -0.1) is 11.3 Å². The molecular weight excluding hydrogens is 384 g/mol. The first-order valence-corrected chi connectivity index (χ1v) is 11.3. The molecule has 1 aliphatic rings. The molecular formula is C22H32N4O2S. The number of rotatable bonds is 9. The molecule has 2 heterocycles. The van der Waals surface area contributed by atoms with E-state index in [0.29, 0.717) is 13.2 Å². The van der Waals surface area contributed by atoms with Crippen LogP contribution in [0, 0.1) is 13.8 Å². The first-order valence-electron chi connectivity index (χ1n) is 10.4. The minimum Gasteiger partial charge on any atom is -0.491 e. The first kappa shape index (κ1) is 21.6. The van der Waals surface area contributed by atoms with Gasteiger partial charge in [0.25, 0.3) is 0 Å². The van der Waals surface area contributed by atoms with Crippen molar-refractivity contribution in [3.05, 3.63) is 45.4 Å². The van der Waals surface area contributed by atoms with E-state index in [1.807, 2.05) is 6.92 Å². The molecule has 3 rings (SSSR count). The normalized spacial score (nSPS) is 16.8. The Bertz CT molecular complexity index is 800. The van der Waals surface area contributed by atoms with E-state index in [1.165, 1.54) is 5.56 Å². The predicted molar refractivity (Wildman–Crippen MR) is 119 cm³/mol. The van der Waals surface area contributed by atoms with E-state index in [1.54, 1.807) is 11.3 Å². The van der Waals surface area contributed by atoms with E-state index >= 15 is 0 Å². The maximum atomic E-state index is 6.09. The van der Waals surface area contributed by atoms with Crippen molar-refractivity contribution in [2.75, 3.05) is 26.3 Å². The molecule has 1 saturated heterocycles. The predicted octanol–water partition coefficient (Wildman–Crippen LogP) is 3.62. The van der Waals surface area contributed by atoms with Crippen LogP contribution < -0.4 is 15.4 Å². The lowest BCUT2D eigenvalue weighted by molar-refractivity contribution is 0.0676. The maximum Gasteiger partial charge on any atom is 0.191 e. The van der Waals surface area contributed by atoms with E-state index in [9.17, 15) is 0 Å². The fourth-order valence-corrected chi connectivity index (χ4v) is 3.87. The van der Waals surface area contributed by atoms with E-state index in [-0.39, 0.29) is 6.10 Å². The van der Waals surface area contributed by atoms with Crippen molar-refractivity contribution >= 4 is 17.3 Å². The van der Waals surface area contributed by atoms with Crippen LogP contribution in [0.15, 0.2) is 28.6 Å². The quantitative estimate of drug-likeness (QED) is 0.483. The van der Waals surface area contributed by atoms with Gasteiger partial charge in [0.05, 0.1) is 23.4 Å². The Kier molecular flexibility index (Phi) is 8.31. The lowest BCUT2D eigenvalue weighted by atomic mass is 10.1. The van der Waals surface area contributed by atoms with Gasteiger partial charge in [-0.05, 0) is 45.2 Å². The summed E-state index contributed by atoms with van der Waals surface area (Å²) in [6, 6.07) is 6.30. The fraction of sp³-hybridized carbons (Fsp3) is 0.545. The topological polar surface area (TPSA) is 67.8 Å². The summed E-state index contributed by atoms with van der Waals surface area (Å²) in [7, 11) is 0. The molecule has 1 unspecified atom stereocenters. The lowest BCUT2D eigenvalue weighted by Gasteiger charge is -2.15. The molecule has 0 saturated carbocycles. The molecule has 0 bridgehead atoms. The Morgan fingerprint density at radius 3 is 2.97 bits per heavy atom. The van der Waals surface area contributed by atoms with Crippen molar-refractivity contribution in [2.24, 2.45) is 4.99 Å². The Labute approximate surface area is 177 Å². The number of ether oxygens (including phenoxy) is 2. The molecule has 2 N–H and O–H groups in total. The molecule has 0 radical (unpaired) electrons. The van der Waals surface area contributed by atoms with E-state index < -0.39 is 0 Å². The number of aromatic nitrogens is 1. The Balaban J connectivity index is 1.58. The van der Waals surface area contributed by atoms with Gasteiger partial charge in [0.15, 0.2) is 5.96 Å². The Hall–Kier alpha value is -2.12. The molecule has 6 nitrogen and oxygen atoms in total. The summed E-state index contributed by atoms with van der Waals surface area (Å²) in [5.41, 5.74) is 3.39. The molecule has 29 heavy (non-hydrogen) atoms. The second-order valence-electron chi connectivity index (χ2n) is 7.29. The van der Waals surface area contributed by atoms with Crippen LogP contribution in [0.25, 0.3) is 0 Å². The Morgan fingerprint density at radius 2 is 2.24 bits per heavy atom. The number of hydrogen-bond acceptors (Lipinski definition) is 5. The van der Waals surface area contributed by atoms with Crippen LogP contribution in [-0.4, -0.2) is 43.4 Å². The van der Waals surface area contributed by atoms with E-state index in [2.05, 4.69) is 53.0 Å². The van der Waals surface area contributed by atoms with Crippen LogP contribution in [0.5, 0.6) is 5.75 Å². The zero-order valence-electron chi connectivity index (χ0n) is 17.7. The van der Waals surface area contributed by atoms with Crippen molar-refractivity contribution in [3.8, 4) is 5.75 Å². The molecule has 0 amide bonds. The Morgan fingerprint density at radius 1 is 1.34 bits per heavy atom. The van der Waals surface area contributed by atoms with Crippen molar-refractivity contribution in [3.63, 3.8) is 0 Å². The highest BCUT2D eigenvalue weighted by Gasteiger charge is 2.17.